The van der Waals surface area contributed by atoms with Crippen LogP contribution in [0.15, 0.2) is 42.5 Å². The topological polar surface area (TPSA) is 49.8 Å². The minimum absolute atomic E-state index is 0.0587. The Bertz CT molecular complexity index is 747. The molecule has 0 bridgehead atoms. The molecule has 1 atom stereocenters. The number of amides is 1. The summed E-state index contributed by atoms with van der Waals surface area (Å²) in [6.07, 6.45) is 1.15. The number of halogens is 1. The van der Waals surface area contributed by atoms with Gasteiger partial charge >= 0.3 is 0 Å². The van der Waals surface area contributed by atoms with Crippen LogP contribution in [-0.4, -0.2) is 42.2 Å². The number of carbonyl (C=O) groups is 1. The first-order valence-electron chi connectivity index (χ1n) is 8.00. The predicted octanol–water partition coefficient (Wildman–Crippen LogP) is 3.61. The molecule has 1 heterocycles. The second-order valence-electron chi connectivity index (χ2n) is 5.97. The van der Waals surface area contributed by atoms with Gasteiger partial charge < -0.3 is 14.7 Å². The van der Waals surface area contributed by atoms with E-state index in [2.05, 4.69) is 0 Å². The molecule has 1 amide bonds. The molecule has 24 heavy (non-hydrogen) atoms. The van der Waals surface area contributed by atoms with Crippen molar-refractivity contribution < 1.29 is 14.6 Å². The van der Waals surface area contributed by atoms with Crippen LogP contribution in [0.4, 0.5) is 0 Å². The molecule has 0 spiro atoms. The van der Waals surface area contributed by atoms with Crippen molar-refractivity contribution in [2.45, 2.75) is 18.9 Å². The Hall–Kier alpha value is -2.04. The first-order chi connectivity index (χ1) is 11.6. The van der Waals surface area contributed by atoms with Crippen LogP contribution < -0.4 is 4.74 Å². The first kappa shape index (κ1) is 16.8. The summed E-state index contributed by atoms with van der Waals surface area (Å²) in [6.45, 7) is 1.07. The molecule has 0 aromatic heterocycles. The highest BCUT2D eigenvalue weighted by Gasteiger charge is 2.23. The number of ether oxygens (including phenoxy) is 1. The van der Waals surface area contributed by atoms with Gasteiger partial charge in [-0.15, -0.1) is 0 Å². The number of β-amino-alcohol motifs (C(OH)–C–C–N with tert-alkyl or cyclic N) is 1. The van der Waals surface area contributed by atoms with Gasteiger partial charge in [0, 0.05) is 29.2 Å². The Kier molecular flexibility index (Phi) is 5.07. The van der Waals surface area contributed by atoms with E-state index in [1.54, 1.807) is 24.1 Å². The summed E-state index contributed by atoms with van der Waals surface area (Å²) in [4.78, 5) is 14.4. The summed E-state index contributed by atoms with van der Waals surface area (Å²) in [5, 5.41) is 10.4. The molecule has 5 heteroatoms. The van der Waals surface area contributed by atoms with Crippen molar-refractivity contribution in [3.63, 3.8) is 0 Å². The fourth-order valence-electron chi connectivity index (χ4n) is 3.05. The molecule has 126 valence electrons. The maximum absolute atomic E-state index is 12.7. The van der Waals surface area contributed by atoms with Gasteiger partial charge in [-0.2, -0.15) is 0 Å². The van der Waals surface area contributed by atoms with Gasteiger partial charge in [0.1, 0.15) is 5.75 Å². The summed E-state index contributed by atoms with van der Waals surface area (Å²) in [5.74, 6) is 0.647. The van der Waals surface area contributed by atoms with E-state index >= 15 is 0 Å². The fourth-order valence-corrected chi connectivity index (χ4v) is 3.22. The Morgan fingerprint density at radius 2 is 2.12 bits per heavy atom. The van der Waals surface area contributed by atoms with Gasteiger partial charge in [0.15, 0.2) is 0 Å². The Labute approximate surface area is 146 Å². The Balaban J connectivity index is 1.92. The van der Waals surface area contributed by atoms with Crippen LogP contribution in [0.5, 0.6) is 5.75 Å². The lowest BCUT2D eigenvalue weighted by molar-refractivity contribution is 0.0474. The summed E-state index contributed by atoms with van der Waals surface area (Å²) in [7, 11) is 1.61. The molecule has 1 saturated heterocycles. The third kappa shape index (κ3) is 3.55. The lowest BCUT2D eigenvalue weighted by Crippen LogP contribution is -2.42. The van der Waals surface area contributed by atoms with Crippen LogP contribution in [0.1, 0.15) is 23.2 Å². The van der Waals surface area contributed by atoms with Crippen molar-refractivity contribution >= 4 is 17.5 Å². The van der Waals surface area contributed by atoms with Gasteiger partial charge in [-0.25, -0.2) is 0 Å². The minimum atomic E-state index is -0.432. The van der Waals surface area contributed by atoms with E-state index in [1.807, 2.05) is 30.3 Å². The minimum Gasteiger partial charge on any atom is -0.496 e. The summed E-state index contributed by atoms with van der Waals surface area (Å²) in [5.41, 5.74) is 2.32. The number of hydrogen-bond donors (Lipinski definition) is 1. The largest absolute Gasteiger partial charge is 0.496 e. The number of piperidine rings is 1. The maximum atomic E-state index is 12.7. The quantitative estimate of drug-likeness (QED) is 0.924. The zero-order valence-corrected chi connectivity index (χ0v) is 14.3. The summed E-state index contributed by atoms with van der Waals surface area (Å²) in [6, 6.07) is 12.8. The molecule has 1 aliphatic heterocycles. The van der Waals surface area contributed by atoms with E-state index in [9.17, 15) is 9.90 Å². The summed E-state index contributed by atoms with van der Waals surface area (Å²) < 4.78 is 5.40. The van der Waals surface area contributed by atoms with E-state index < -0.39 is 6.10 Å². The van der Waals surface area contributed by atoms with Crippen LogP contribution in [0.25, 0.3) is 11.1 Å². The van der Waals surface area contributed by atoms with Gasteiger partial charge in [-0.1, -0.05) is 23.7 Å². The number of likely N-dealkylation sites (tertiary alicyclic amines) is 1. The smallest absolute Gasteiger partial charge is 0.253 e. The van der Waals surface area contributed by atoms with Gasteiger partial charge in [-0.05, 0) is 48.7 Å². The number of aliphatic hydroxyl groups is 1. The van der Waals surface area contributed by atoms with E-state index in [0.717, 1.165) is 24.0 Å². The number of methoxy groups -OCH3 is 1. The Morgan fingerprint density at radius 3 is 2.88 bits per heavy atom. The average Bonchev–Trinajstić information content (AvgIpc) is 2.61. The standard InChI is InChI=1S/C19H20ClNO3/c1-24-18-8-7-15(20)11-17(18)13-4-2-5-14(10-13)19(23)21-9-3-6-16(22)12-21/h2,4-5,7-8,10-11,16,22H,3,6,9,12H2,1H3. The van der Waals surface area contributed by atoms with Crippen molar-refractivity contribution in [1.82, 2.24) is 4.90 Å². The van der Waals surface area contributed by atoms with Crippen molar-refractivity contribution in [1.29, 1.82) is 0 Å². The first-order valence-corrected chi connectivity index (χ1v) is 8.37. The zero-order chi connectivity index (χ0) is 17.1. The van der Waals surface area contributed by atoms with Gasteiger partial charge in [0.2, 0.25) is 0 Å². The van der Waals surface area contributed by atoms with Crippen LogP contribution in [0.3, 0.4) is 0 Å². The van der Waals surface area contributed by atoms with Gasteiger partial charge in [-0.3, -0.25) is 4.79 Å². The fraction of sp³-hybridized carbons (Fsp3) is 0.316. The lowest BCUT2D eigenvalue weighted by Gasteiger charge is -2.30. The van der Waals surface area contributed by atoms with Crippen molar-refractivity contribution in [2.24, 2.45) is 0 Å². The number of hydrogen-bond acceptors (Lipinski definition) is 3. The molecule has 4 nitrogen and oxygen atoms in total. The molecular formula is C19H20ClNO3. The monoisotopic (exact) mass is 345 g/mol. The van der Waals surface area contributed by atoms with Crippen LogP contribution in [0.2, 0.25) is 5.02 Å². The highest BCUT2D eigenvalue weighted by molar-refractivity contribution is 6.31. The van der Waals surface area contributed by atoms with E-state index in [1.165, 1.54) is 0 Å². The van der Waals surface area contributed by atoms with Gasteiger partial charge in [0.25, 0.3) is 5.91 Å². The molecule has 2 aromatic carbocycles. The second kappa shape index (κ2) is 7.24. The molecule has 1 fully saturated rings. The van der Waals surface area contributed by atoms with E-state index in [-0.39, 0.29) is 5.91 Å². The molecule has 0 saturated carbocycles. The number of rotatable bonds is 3. The SMILES string of the molecule is COc1ccc(Cl)cc1-c1cccc(C(=O)N2CCCC(O)C2)c1. The molecule has 1 unspecified atom stereocenters. The number of benzene rings is 2. The van der Waals surface area contributed by atoms with Crippen LogP contribution in [0, 0.1) is 0 Å². The van der Waals surface area contributed by atoms with E-state index in [0.29, 0.717) is 29.4 Å². The number of carbonyl (C=O) groups excluding carboxylic acids is 1. The third-order valence-corrected chi connectivity index (χ3v) is 4.50. The van der Waals surface area contributed by atoms with Crippen LogP contribution in [-0.2, 0) is 0 Å². The van der Waals surface area contributed by atoms with Crippen molar-refractivity contribution in [3.05, 3.63) is 53.1 Å². The Morgan fingerprint density at radius 1 is 1.29 bits per heavy atom. The molecule has 1 aliphatic rings. The molecule has 0 radical (unpaired) electrons. The molecule has 2 aromatic rings. The van der Waals surface area contributed by atoms with Crippen molar-refractivity contribution in [2.75, 3.05) is 20.2 Å². The number of aliphatic hydroxyl groups excluding tert-OH is 1. The van der Waals surface area contributed by atoms with Gasteiger partial charge in [0.05, 0.1) is 13.2 Å². The lowest BCUT2D eigenvalue weighted by atomic mass is 10.0. The molecular weight excluding hydrogens is 326 g/mol. The normalized spacial score (nSPS) is 17.6. The highest BCUT2D eigenvalue weighted by Crippen LogP contribution is 2.33. The number of nitrogens with zero attached hydrogens (tertiary/aromatic N) is 1. The van der Waals surface area contributed by atoms with Crippen LogP contribution >= 0.6 is 11.6 Å². The second-order valence-corrected chi connectivity index (χ2v) is 6.41. The molecule has 3 rings (SSSR count). The zero-order valence-electron chi connectivity index (χ0n) is 13.5. The maximum Gasteiger partial charge on any atom is 0.253 e. The van der Waals surface area contributed by atoms with Crippen molar-refractivity contribution in [3.8, 4) is 16.9 Å². The highest BCUT2D eigenvalue weighted by atomic mass is 35.5. The summed E-state index contributed by atoms with van der Waals surface area (Å²) >= 11 is 6.11. The predicted molar refractivity (Wildman–Crippen MR) is 94.6 cm³/mol. The third-order valence-electron chi connectivity index (χ3n) is 4.27. The average molecular weight is 346 g/mol. The molecule has 0 aliphatic carbocycles. The van der Waals surface area contributed by atoms with E-state index in [4.69, 9.17) is 16.3 Å². The molecule has 1 N–H and O–H groups in total.